The van der Waals surface area contributed by atoms with E-state index in [1.165, 1.54) is 37.0 Å². The predicted octanol–water partition coefficient (Wildman–Crippen LogP) is 5.34. The zero-order valence-electron chi connectivity index (χ0n) is 20.0. The molecule has 188 valence electrons. The first-order valence-electron chi connectivity index (χ1n) is 11.1. The summed E-state index contributed by atoms with van der Waals surface area (Å²) in [6.45, 7) is 4.29. The van der Waals surface area contributed by atoms with E-state index in [4.69, 9.17) is 27.9 Å². The van der Waals surface area contributed by atoms with Gasteiger partial charge in [-0.25, -0.2) is 9.97 Å². The molecule has 5 heterocycles. The lowest BCUT2D eigenvalue weighted by molar-refractivity contribution is 0.0744. The number of carbonyl (C=O) groups is 2. The van der Waals surface area contributed by atoms with Gasteiger partial charge in [0.2, 0.25) is 0 Å². The van der Waals surface area contributed by atoms with Crippen molar-refractivity contribution in [3.63, 3.8) is 0 Å². The van der Waals surface area contributed by atoms with Gasteiger partial charge in [0.15, 0.2) is 5.13 Å². The van der Waals surface area contributed by atoms with Gasteiger partial charge in [-0.05, 0) is 37.6 Å². The Kier molecular flexibility index (Phi) is 6.80. The number of carbonyl (C=O) groups excluding carboxylic acids is 2. The second-order valence-corrected chi connectivity index (χ2v) is 10.2. The standard InChI is InChI=1S/C25H20Cl2N6O3S/c1-12-6-14(15-7-21(27)30-9-19(15)36-3)16(8-29-12)23(34)32-25-31-18-10-33(11-20(18)37-25)24(35)22-13(2)17(26)4-5-28-22/h4-9H,10-11H2,1-3H3,(H,31,32,34). The van der Waals surface area contributed by atoms with Crippen molar-refractivity contribution >= 4 is 51.5 Å². The summed E-state index contributed by atoms with van der Waals surface area (Å²) in [6.07, 6.45) is 4.54. The largest absolute Gasteiger partial charge is 0.494 e. The lowest BCUT2D eigenvalue weighted by Gasteiger charge is -2.16. The minimum absolute atomic E-state index is 0.212. The molecule has 2 amide bonds. The van der Waals surface area contributed by atoms with Crippen LogP contribution in [-0.2, 0) is 13.1 Å². The Labute approximate surface area is 226 Å². The number of amides is 2. The van der Waals surface area contributed by atoms with E-state index in [2.05, 4.69) is 25.3 Å². The number of fused-ring (bicyclic) bond motifs is 1. The summed E-state index contributed by atoms with van der Waals surface area (Å²) in [4.78, 5) is 46.0. The lowest BCUT2D eigenvalue weighted by atomic mass is 10.0. The van der Waals surface area contributed by atoms with Gasteiger partial charge in [0.25, 0.3) is 11.8 Å². The van der Waals surface area contributed by atoms with E-state index in [9.17, 15) is 9.59 Å². The molecule has 0 fully saturated rings. The predicted molar refractivity (Wildman–Crippen MR) is 141 cm³/mol. The number of thiazole rings is 1. The van der Waals surface area contributed by atoms with Crippen molar-refractivity contribution in [2.75, 3.05) is 12.4 Å². The normalized spacial score (nSPS) is 12.4. The van der Waals surface area contributed by atoms with E-state index in [1.807, 2.05) is 6.92 Å². The number of halogens is 2. The number of aromatic nitrogens is 4. The number of nitrogens with one attached hydrogen (secondary N) is 1. The summed E-state index contributed by atoms with van der Waals surface area (Å²) in [7, 11) is 1.52. The molecule has 37 heavy (non-hydrogen) atoms. The first-order valence-corrected chi connectivity index (χ1v) is 12.7. The van der Waals surface area contributed by atoms with Gasteiger partial charge in [-0.15, -0.1) is 0 Å². The van der Waals surface area contributed by atoms with Crippen LogP contribution < -0.4 is 10.1 Å². The van der Waals surface area contributed by atoms with Crippen LogP contribution in [0.15, 0.2) is 36.8 Å². The van der Waals surface area contributed by atoms with Crippen molar-refractivity contribution in [3.05, 3.63) is 80.1 Å². The molecular formula is C25H20Cl2N6O3S. The molecule has 0 aromatic carbocycles. The molecule has 0 saturated heterocycles. The van der Waals surface area contributed by atoms with Gasteiger partial charge >= 0.3 is 0 Å². The van der Waals surface area contributed by atoms with Crippen LogP contribution in [0, 0.1) is 13.8 Å². The van der Waals surface area contributed by atoms with Crippen molar-refractivity contribution in [1.82, 2.24) is 24.8 Å². The fourth-order valence-electron chi connectivity index (χ4n) is 4.03. The number of hydrogen-bond acceptors (Lipinski definition) is 8. The molecule has 0 radical (unpaired) electrons. The molecule has 0 spiro atoms. The molecule has 0 atom stereocenters. The molecule has 9 nitrogen and oxygen atoms in total. The number of methoxy groups -OCH3 is 1. The first-order chi connectivity index (χ1) is 17.7. The van der Waals surface area contributed by atoms with E-state index >= 15 is 0 Å². The fraction of sp³-hybridized carbons (Fsp3) is 0.200. The van der Waals surface area contributed by atoms with E-state index < -0.39 is 0 Å². The van der Waals surface area contributed by atoms with Crippen LogP contribution in [0.3, 0.4) is 0 Å². The summed E-state index contributed by atoms with van der Waals surface area (Å²) in [5.74, 6) is -0.112. The number of hydrogen-bond donors (Lipinski definition) is 1. The first kappa shape index (κ1) is 25.1. The van der Waals surface area contributed by atoms with Gasteiger partial charge in [-0.3, -0.25) is 24.9 Å². The summed E-state index contributed by atoms with van der Waals surface area (Å²) in [5.41, 5.74) is 3.99. The molecule has 4 aromatic heterocycles. The van der Waals surface area contributed by atoms with E-state index in [0.717, 1.165) is 16.3 Å². The third kappa shape index (κ3) is 4.87. The van der Waals surface area contributed by atoms with Crippen molar-refractivity contribution in [2.24, 2.45) is 0 Å². The van der Waals surface area contributed by atoms with Gasteiger partial charge in [0.1, 0.15) is 16.6 Å². The summed E-state index contributed by atoms with van der Waals surface area (Å²) >= 11 is 13.6. The van der Waals surface area contributed by atoms with Gasteiger partial charge in [-0.1, -0.05) is 34.5 Å². The minimum atomic E-state index is -0.378. The van der Waals surface area contributed by atoms with Crippen LogP contribution >= 0.6 is 34.5 Å². The molecule has 0 bridgehead atoms. The van der Waals surface area contributed by atoms with E-state index in [-0.39, 0.29) is 17.0 Å². The average Bonchev–Trinajstić information content (AvgIpc) is 3.44. The highest BCUT2D eigenvalue weighted by Gasteiger charge is 2.30. The number of rotatable bonds is 5. The summed E-state index contributed by atoms with van der Waals surface area (Å²) in [6, 6.07) is 5.09. The molecular weight excluding hydrogens is 535 g/mol. The van der Waals surface area contributed by atoms with Crippen molar-refractivity contribution in [2.45, 2.75) is 26.9 Å². The summed E-state index contributed by atoms with van der Waals surface area (Å²) in [5, 5.41) is 4.07. The number of aryl methyl sites for hydroxylation is 1. The average molecular weight is 555 g/mol. The molecule has 0 saturated carbocycles. The van der Waals surface area contributed by atoms with Crippen LogP contribution in [0.5, 0.6) is 5.75 Å². The van der Waals surface area contributed by atoms with E-state index in [1.54, 1.807) is 30.0 Å². The molecule has 5 rings (SSSR count). The number of anilines is 1. The Bertz CT molecular complexity index is 1530. The topological polar surface area (TPSA) is 110 Å². The van der Waals surface area contributed by atoms with Crippen LogP contribution in [0.1, 0.15) is 42.7 Å². The van der Waals surface area contributed by atoms with Crippen molar-refractivity contribution < 1.29 is 14.3 Å². The maximum absolute atomic E-state index is 13.3. The Morgan fingerprint density at radius 1 is 1.08 bits per heavy atom. The number of ether oxygens (including phenoxy) is 1. The third-order valence-corrected chi connectivity index (χ3v) is 7.54. The Morgan fingerprint density at radius 2 is 1.89 bits per heavy atom. The fourth-order valence-corrected chi connectivity index (χ4v) is 5.32. The molecule has 0 unspecified atom stereocenters. The molecule has 1 aliphatic rings. The minimum Gasteiger partial charge on any atom is -0.494 e. The quantitative estimate of drug-likeness (QED) is 0.331. The van der Waals surface area contributed by atoms with E-state index in [0.29, 0.717) is 56.9 Å². The van der Waals surface area contributed by atoms with Crippen molar-refractivity contribution in [1.29, 1.82) is 0 Å². The van der Waals surface area contributed by atoms with Crippen molar-refractivity contribution in [3.8, 4) is 16.9 Å². The lowest BCUT2D eigenvalue weighted by Crippen LogP contribution is -2.27. The molecule has 12 heteroatoms. The number of nitrogens with zero attached hydrogens (tertiary/aromatic N) is 5. The monoisotopic (exact) mass is 554 g/mol. The zero-order valence-corrected chi connectivity index (χ0v) is 22.3. The van der Waals surface area contributed by atoms with Crippen LogP contribution in [0.2, 0.25) is 10.2 Å². The Balaban J connectivity index is 1.36. The van der Waals surface area contributed by atoms with Gasteiger partial charge < -0.3 is 9.64 Å². The van der Waals surface area contributed by atoms with Gasteiger partial charge in [0.05, 0.1) is 42.5 Å². The van der Waals surface area contributed by atoms with Gasteiger partial charge in [0, 0.05) is 34.2 Å². The molecule has 4 aromatic rings. The molecule has 1 aliphatic heterocycles. The Morgan fingerprint density at radius 3 is 2.65 bits per heavy atom. The SMILES string of the molecule is COc1cnc(Cl)cc1-c1cc(C)ncc1C(=O)Nc1nc2c(s1)CN(C(=O)c1nccc(Cl)c1C)C2. The highest BCUT2D eigenvalue weighted by Crippen LogP contribution is 2.36. The van der Waals surface area contributed by atoms with Gasteiger partial charge in [-0.2, -0.15) is 0 Å². The maximum atomic E-state index is 13.3. The zero-order chi connectivity index (χ0) is 26.3. The molecule has 0 aliphatic carbocycles. The van der Waals surface area contributed by atoms with Crippen LogP contribution in [-0.4, -0.2) is 43.8 Å². The third-order valence-electron chi connectivity index (χ3n) is 5.93. The van der Waals surface area contributed by atoms with Crippen LogP contribution in [0.4, 0.5) is 5.13 Å². The second kappa shape index (κ2) is 10.0. The Hall–Kier alpha value is -3.60. The smallest absolute Gasteiger partial charge is 0.273 e. The highest BCUT2D eigenvalue weighted by molar-refractivity contribution is 7.16. The summed E-state index contributed by atoms with van der Waals surface area (Å²) < 4.78 is 5.44. The molecule has 1 N–H and O–H groups in total. The highest BCUT2D eigenvalue weighted by atomic mass is 35.5. The van der Waals surface area contributed by atoms with Crippen LogP contribution in [0.25, 0.3) is 11.1 Å². The second-order valence-electron chi connectivity index (χ2n) is 8.35. The maximum Gasteiger partial charge on any atom is 0.273 e. The number of pyridine rings is 3.